The van der Waals surface area contributed by atoms with Crippen molar-refractivity contribution < 1.29 is 9.90 Å². The van der Waals surface area contributed by atoms with Gasteiger partial charge in [-0.25, -0.2) is 0 Å². The van der Waals surface area contributed by atoms with Crippen LogP contribution in [0.25, 0.3) is 6.08 Å². The van der Waals surface area contributed by atoms with Crippen molar-refractivity contribution >= 4 is 23.6 Å². The first kappa shape index (κ1) is 17.6. The predicted octanol–water partition coefficient (Wildman–Crippen LogP) is 1.68. The minimum absolute atomic E-state index is 0.102. The molecule has 25 heavy (non-hydrogen) atoms. The van der Waals surface area contributed by atoms with Crippen LogP contribution in [0.5, 0.6) is 0 Å². The maximum Gasteiger partial charge on any atom is 0.246 e. The molecular formula is C17H20ClN5O2. The molecule has 1 fully saturated rings. The number of aryl methyl sites for hydroxylation is 1. The number of aliphatic hydroxyl groups is 1. The Kier molecular flexibility index (Phi) is 5.45. The van der Waals surface area contributed by atoms with Gasteiger partial charge in [0.1, 0.15) is 0 Å². The van der Waals surface area contributed by atoms with Gasteiger partial charge in [0.2, 0.25) is 5.91 Å². The molecule has 8 heteroatoms. The summed E-state index contributed by atoms with van der Waals surface area (Å²) in [5.74, 6) is 0.493. The van der Waals surface area contributed by atoms with Gasteiger partial charge in [-0.05, 0) is 54.3 Å². The second-order valence-corrected chi connectivity index (χ2v) is 6.56. The summed E-state index contributed by atoms with van der Waals surface area (Å²) < 4.78 is 0. The quantitative estimate of drug-likeness (QED) is 0.837. The number of amides is 1. The fourth-order valence-electron chi connectivity index (χ4n) is 2.84. The molecule has 132 valence electrons. The fraction of sp³-hybridized carbons (Fsp3) is 0.412. The first-order chi connectivity index (χ1) is 12.0. The molecule has 0 aliphatic carbocycles. The summed E-state index contributed by atoms with van der Waals surface area (Å²) in [5.41, 5.74) is 1.76. The highest BCUT2D eigenvalue weighted by atomic mass is 35.5. The first-order valence-electron chi connectivity index (χ1n) is 8.19. The minimum atomic E-state index is -0.432. The zero-order valence-corrected chi connectivity index (χ0v) is 14.7. The van der Waals surface area contributed by atoms with Gasteiger partial charge in [-0.15, -0.1) is 10.2 Å². The number of likely N-dealkylation sites (tertiary alicyclic amines) is 1. The third kappa shape index (κ3) is 4.64. The topological polar surface area (TPSA) is 84.1 Å². The number of rotatable bonds is 4. The molecule has 1 unspecified atom stereocenters. The largest absolute Gasteiger partial charge is 0.391 e. The van der Waals surface area contributed by atoms with Crippen LogP contribution in [-0.2, 0) is 11.3 Å². The van der Waals surface area contributed by atoms with Crippen molar-refractivity contribution in [3.8, 4) is 0 Å². The molecular weight excluding hydrogens is 342 g/mol. The normalized spacial score (nSPS) is 18.0. The Morgan fingerprint density at radius 3 is 3.04 bits per heavy atom. The monoisotopic (exact) mass is 361 g/mol. The van der Waals surface area contributed by atoms with Gasteiger partial charge in [-0.1, -0.05) is 17.7 Å². The second-order valence-electron chi connectivity index (χ2n) is 6.12. The average Bonchev–Trinajstić information content (AvgIpc) is 2.99. The number of nitrogens with zero attached hydrogens (tertiary/aromatic N) is 5. The number of aliphatic hydroxyl groups excluding tert-OH is 1. The van der Waals surface area contributed by atoms with Gasteiger partial charge in [0.15, 0.2) is 5.82 Å². The number of piperidine rings is 1. The van der Waals surface area contributed by atoms with Crippen LogP contribution in [0.3, 0.4) is 0 Å². The number of carbonyl (C=O) groups excluding carboxylic acids is 1. The molecule has 0 spiro atoms. The van der Waals surface area contributed by atoms with E-state index >= 15 is 0 Å². The molecule has 2 aromatic rings. The van der Waals surface area contributed by atoms with E-state index in [4.69, 9.17) is 11.6 Å². The Morgan fingerprint density at radius 1 is 1.48 bits per heavy atom. The molecule has 3 rings (SSSR count). The van der Waals surface area contributed by atoms with Crippen molar-refractivity contribution in [3.63, 3.8) is 0 Å². The zero-order chi connectivity index (χ0) is 17.8. The van der Waals surface area contributed by atoms with Gasteiger partial charge in [-0.2, -0.15) is 4.80 Å². The van der Waals surface area contributed by atoms with Crippen molar-refractivity contribution in [2.75, 3.05) is 13.1 Å². The lowest BCUT2D eigenvalue weighted by Crippen LogP contribution is -2.41. The lowest BCUT2D eigenvalue weighted by molar-refractivity contribution is -0.128. The lowest BCUT2D eigenvalue weighted by atomic mass is 10.1. The predicted molar refractivity (Wildman–Crippen MR) is 94.0 cm³/mol. The van der Waals surface area contributed by atoms with Crippen molar-refractivity contribution in [2.45, 2.75) is 32.4 Å². The third-order valence-electron chi connectivity index (χ3n) is 4.08. The number of aromatic nitrogens is 4. The highest BCUT2D eigenvalue weighted by Crippen LogP contribution is 2.19. The lowest BCUT2D eigenvalue weighted by Gasteiger charge is -2.29. The summed E-state index contributed by atoms with van der Waals surface area (Å²) >= 11 is 6.10. The molecule has 1 aliphatic heterocycles. The minimum Gasteiger partial charge on any atom is -0.391 e. The van der Waals surface area contributed by atoms with E-state index in [1.807, 2.05) is 12.1 Å². The zero-order valence-electron chi connectivity index (χ0n) is 14.0. The molecule has 1 aliphatic rings. The van der Waals surface area contributed by atoms with E-state index < -0.39 is 6.10 Å². The molecule has 1 amide bonds. The number of carbonyl (C=O) groups is 1. The maximum atomic E-state index is 12.3. The van der Waals surface area contributed by atoms with E-state index in [0.29, 0.717) is 30.5 Å². The number of benzene rings is 1. The Labute approximate surface area is 150 Å². The molecule has 2 heterocycles. The van der Waals surface area contributed by atoms with Crippen LogP contribution in [0, 0.1) is 6.92 Å². The average molecular weight is 362 g/mol. The number of hydrogen-bond acceptors (Lipinski definition) is 5. The van der Waals surface area contributed by atoms with Crippen molar-refractivity contribution in [2.24, 2.45) is 0 Å². The molecule has 0 saturated carbocycles. The Hall–Kier alpha value is -2.25. The second kappa shape index (κ2) is 7.76. The van der Waals surface area contributed by atoms with Crippen LogP contribution in [0.1, 0.15) is 29.8 Å². The van der Waals surface area contributed by atoms with Crippen molar-refractivity contribution in [1.29, 1.82) is 0 Å². The SMILES string of the molecule is Cc1nnn(Cc2cc(Cl)ccc2C=CC(=O)N2CCCC(O)C2)n1. The van der Waals surface area contributed by atoms with Crippen LogP contribution in [0.4, 0.5) is 0 Å². The van der Waals surface area contributed by atoms with Gasteiger partial charge in [0.05, 0.1) is 12.6 Å². The fourth-order valence-corrected chi connectivity index (χ4v) is 3.03. The molecule has 1 aromatic carbocycles. The van der Waals surface area contributed by atoms with Gasteiger partial charge < -0.3 is 10.0 Å². The van der Waals surface area contributed by atoms with E-state index in [2.05, 4.69) is 15.4 Å². The smallest absolute Gasteiger partial charge is 0.246 e. The molecule has 0 radical (unpaired) electrons. The molecule has 1 aromatic heterocycles. The summed E-state index contributed by atoms with van der Waals surface area (Å²) in [6, 6.07) is 5.46. The van der Waals surface area contributed by atoms with Crippen LogP contribution >= 0.6 is 11.6 Å². The molecule has 1 N–H and O–H groups in total. The summed E-state index contributed by atoms with van der Waals surface area (Å²) in [6.07, 6.45) is 4.44. The van der Waals surface area contributed by atoms with Gasteiger partial charge >= 0.3 is 0 Å². The number of halogens is 1. The van der Waals surface area contributed by atoms with Crippen LogP contribution in [0.15, 0.2) is 24.3 Å². The first-order valence-corrected chi connectivity index (χ1v) is 8.57. The summed E-state index contributed by atoms with van der Waals surface area (Å²) in [5, 5.41) is 22.3. The van der Waals surface area contributed by atoms with Crippen LogP contribution in [0.2, 0.25) is 5.02 Å². The van der Waals surface area contributed by atoms with Crippen molar-refractivity contribution in [3.05, 3.63) is 46.2 Å². The highest BCUT2D eigenvalue weighted by Gasteiger charge is 2.20. The van der Waals surface area contributed by atoms with E-state index in [1.54, 1.807) is 24.0 Å². The van der Waals surface area contributed by atoms with Crippen LogP contribution in [-0.4, -0.2) is 55.3 Å². The van der Waals surface area contributed by atoms with Gasteiger partial charge in [-0.3, -0.25) is 4.79 Å². The molecule has 7 nitrogen and oxygen atoms in total. The van der Waals surface area contributed by atoms with Gasteiger partial charge in [0, 0.05) is 24.2 Å². The molecule has 1 saturated heterocycles. The molecule has 1 atom stereocenters. The number of tetrazole rings is 1. The summed E-state index contributed by atoms with van der Waals surface area (Å²) in [7, 11) is 0. The number of β-amino-alcohol motifs (C(OH)–C–C–N with tert-alkyl or cyclic N) is 1. The Balaban J connectivity index is 1.76. The number of hydrogen-bond donors (Lipinski definition) is 1. The Morgan fingerprint density at radius 2 is 2.32 bits per heavy atom. The maximum absolute atomic E-state index is 12.3. The van der Waals surface area contributed by atoms with Gasteiger partial charge in [0.25, 0.3) is 0 Å². The summed E-state index contributed by atoms with van der Waals surface area (Å²) in [4.78, 5) is 15.5. The van der Waals surface area contributed by atoms with Crippen molar-refractivity contribution in [1.82, 2.24) is 25.1 Å². The van der Waals surface area contributed by atoms with E-state index in [9.17, 15) is 9.90 Å². The standard InChI is InChI=1S/C17H20ClN5O2/c1-12-19-21-23(20-12)10-14-9-15(18)6-4-13(14)5-7-17(25)22-8-2-3-16(24)11-22/h4-7,9,16,24H,2-3,8,10-11H2,1H3. The third-order valence-corrected chi connectivity index (χ3v) is 4.32. The highest BCUT2D eigenvalue weighted by molar-refractivity contribution is 6.30. The van der Waals surface area contributed by atoms with E-state index in [-0.39, 0.29) is 5.91 Å². The summed E-state index contributed by atoms with van der Waals surface area (Å²) in [6.45, 7) is 3.25. The van der Waals surface area contributed by atoms with E-state index in [0.717, 1.165) is 24.0 Å². The Bertz CT molecular complexity index is 789. The molecule has 0 bridgehead atoms. The van der Waals surface area contributed by atoms with Crippen LogP contribution < -0.4 is 0 Å². The van der Waals surface area contributed by atoms with E-state index in [1.165, 1.54) is 10.9 Å².